The molecular formula is C16H13BrN4OS. The summed E-state index contributed by atoms with van der Waals surface area (Å²) < 4.78 is 0.996. The van der Waals surface area contributed by atoms with Gasteiger partial charge >= 0.3 is 0 Å². The molecule has 1 amide bonds. The summed E-state index contributed by atoms with van der Waals surface area (Å²) in [6.45, 7) is 1.84. The van der Waals surface area contributed by atoms with E-state index in [-0.39, 0.29) is 5.91 Å². The summed E-state index contributed by atoms with van der Waals surface area (Å²) in [5.74, 6) is -0.347. The van der Waals surface area contributed by atoms with Gasteiger partial charge in [0.05, 0.1) is 16.3 Å². The summed E-state index contributed by atoms with van der Waals surface area (Å²) in [5.41, 5.74) is 5.31. The Morgan fingerprint density at radius 1 is 1.30 bits per heavy atom. The Balaban J connectivity index is 1.69. The molecule has 0 aliphatic carbocycles. The average Bonchev–Trinajstić information content (AvgIpc) is 3.23. The van der Waals surface area contributed by atoms with Crippen molar-refractivity contribution in [2.24, 2.45) is 5.10 Å². The standard InChI is InChI=1S/C16H13BrN4OS/c1-10(11-4-6-12(17)7-5-11)18-21-16(22)14-9-13(19-20-14)15-3-2-8-23-15/h2-9H,1H3,(H,19,20)(H,21,22)/b18-10-. The fourth-order valence-corrected chi connectivity index (χ4v) is 2.90. The van der Waals surface area contributed by atoms with Crippen LogP contribution in [-0.2, 0) is 0 Å². The molecule has 0 aliphatic heterocycles. The third kappa shape index (κ3) is 3.75. The SMILES string of the molecule is C/C(=N/NC(=O)c1cc(-c2cccs2)[nH]n1)c1ccc(Br)cc1. The summed E-state index contributed by atoms with van der Waals surface area (Å²) in [6, 6.07) is 13.3. The number of hydrogen-bond acceptors (Lipinski definition) is 4. The van der Waals surface area contributed by atoms with E-state index in [1.165, 1.54) is 0 Å². The highest BCUT2D eigenvalue weighted by atomic mass is 79.9. The zero-order valence-electron chi connectivity index (χ0n) is 12.2. The lowest BCUT2D eigenvalue weighted by Gasteiger charge is -2.01. The number of rotatable bonds is 4. The van der Waals surface area contributed by atoms with Crippen molar-refractivity contribution in [2.75, 3.05) is 0 Å². The van der Waals surface area contributed by atoms with Crippen molar-refractivity contribution in [3.63, 3.8) is 0 Å². The highest BCUT2D eigenvalue weighted by Crippen LogP contribution is 2.22. The monoisotopic (exact) mass is 388 g/mol. The molecule has 0 saturated heterocycles. The first-order valence-electron chi connectivity index (χ1n) is 6.83. The Morgan fingerprint density at radius 2 is 2.09 bits per heavy atom. The molecule has 0 unspecified atom stereocenters. The van der Waals surface area contributed by atoms with Crippen LogP contribution in [0, 0.1) is 0 Å². The van der Waals surface area contributed by atoms with Gasteiger partial charge in [-0.25, -0.2) is 5.43 Å². The topological polar surface area (TPSA) is 70.1 Å². The highest BCUT2D eigenvalue weighted by Gasteiger charge is 2.11. The number of aromatic amines is 1. The van der Waals surface area contributed by atoms with E-state index in [1.54, 1.807) is 17.4 Å². The highest BCUT2D eigenvalue weighted by molar-refractivity contribution is 9.10. The molecule has 0 spiro atoms. The van der Waals surface area contributed by atoms with Gasteiger partial charge in [0.25, 0.3) is 5.91 Å². The van der Waals surface area contributed by atoms with E-state index in [4.69, 9.17) is 0 Å². The number of nitrogens with one attached hydrogen (secondary N) is 2. The summed E-state index contributed by atoms with van der Waals surface area (Å²) in [7, 11) is 0. The number of H-pyrrole nitrogens is 1. The minimum Gasteiger partial charge on any atom is -0.276 e. The van der Waals surface area contributed by atoms with Crippen LogP contribution in [0.25, 0.3) is 10.6 Å². The minimum absolute atomic E-state index is 0.306. The van der Waals surface area contributed by atoms with Gasteiger partial charge in [0, 0.05) is 4.47 Å². The van der Waals surface area contributed by atoms with Crippen molar-refractivity contribution >= 4 is 38.9 Å². The van der Waals surface area contributed by atoms with Gasteiger partial charge in [-0.2, -0.15) is 10.2 Å². The molecule has 3 rings (SSSR count). The molecule has 0 bridgehead atoms. The van der Waals surface area contributed by atoms with Crippen molar-refractivity contribution < 1.29 is 4.79 Å². The van der Waals surface area contributed by atoms with E-state index in [9.17, 15) is 4.79 Å². The van der Waals surface area contributed by atoms with E-state index in [2.05, 4.69) is 36.7 Å². The molecule has 2 N–H and O–H groups in total. The van der Waals surface area contributed by atoms with Crippen LogP contribution in [0.3, 0.4) is 0 Å². The second-order valence-electron chi connectivity index (χ2n) is 4.79. The maximum absolute atomic E-state index is 12.1. The fraction of sp³-hybridized carbons (Fsp3) is 0.0625. The van der Waals surface area contributed by atoms with Gasteiger partial charge in [0.15, 0.2) is 5.69 Å². The Bertz CT molecular complexity index is 837. The van der Waals surface area contributed by atoms with Crippen LogP contribution < -0.4 is 5.43 Å². The van der Waals surface area contributed by atoms with Crippen molar-refractivity contribution in [3.05, 3.63) is 63.6 Å². The summed E-state index contributed by atoms with van der Waals surface area (Å²) in [4.78, 5) is 13.1. The largest absolute Gasteiger partial charge is 0.291 e. The van der Waals surface area contributed by atoms with Crippen molar-refractivity contribution in [3.8, 4) is 10.6 Å². The lowest BCUT2D eigenvalue weighted by molar-refractivity contribution is 0.0950. The molecule has 0 radical (unpaired) electrons. The second kappa shape index (κ2) is 6.89. The number of amides is 1. The minimum atomic E-state index is -0.347. The molecular weight excluding hydrogens is 376 g/mol. The van der Waals surface area contributed by atoms with Gasteiger partial charge in [-0.3, -0.25) is 9.89 Å². The van der Waals surface area contributed by atoms with Gasteiger partial charge in [-0.1, -0.05) is 34.1 Å². The molecule has 116 valence electrons. The first-order valence-corrected chi connectivity index (χ1v) is 8.50. The number of benzene rings is 1. The van der Waals surface area contributed by atoms with Gasteiger partial charge < -0.3 is 0 Å². The van der Waals surface area contributed by atoms with Gasteiger partial charge in [-0.05, 0) is 42.1 Å². The molecule has 0 aliphatic rings. The zero-order chi connectivity index (χ0) is 16.2. The third-order valence-corrected chi connectivity index (χ3v) is 4.62. The molecule has 5 nitrogen and oxygen atoms in total. The molecule has 7 heteroatoms. The number of carbonyl (C=O) groups excluding carboxylic acids is 1. The number of hydrogen-bond donors (Lipinski definition) is 2. The van der Waals surface area contributed by atoms with Gasteiger partial charge in [0.2, 0.25) is 0 Å². The van der Waals surface area contributed by atoms with Crippen molar-refractivity contribution in [1.82, 2.24) is 15.6 Å². The Hall–Kier alpha value is -2.25. The maximum atomic E-state index is 12.1. The number of carbonyl (C=O) groups is 1. The van der Waals surface area contributed by atoms with E-state index >= 15 is 0 Å². The van der Waals surface area contributed by atoms with Crippen LogP contribution in [0.4, 0.5) is 0 Å². The molecule has 23 heavy (non-hydrogen) atoms. The van der Waals surface area contributed by atoms with Crippen LogP contribution in [0.15, 0.2) is 57.4 Å². The molecule has 0 atom stereocenters. The number of halogens is 1. The van der Waals surface area contributed by atoms with Crippen molar-refractivity contribution in [1.29, 1.82) is 0 Å². The molecule has 2 heterocycles. The van der Waals surface area contributed by atoms with Gasteiger partial charge in [-0.15, -0.1) is 11.3 Å². The lowest BCUT2D eigenvalue weighted by atomic mass is 10.1. The third-order valence-electron chi connectivity index (χ3n) is 3.18. The predicted octanol–water partition coefficient (Wildman–Crippen LogP) is 4.05. The molecule has 2 aromatic heterocycles. The van der Waals surface area contributed by atoms with Crippen LogP contribution in [0.2, 0.25) is 0 Å². The van der Waals surface area contributed by atoms with E-state index in [0.29, 0.717) is 5.69 Å². The number of aromatic nitrogens is 2. The van der Waals surface area contributed by atoms with Gasteiger partial charge in [0.1, 0.15) is 0 Å². The lowest BCUT2D eigenvalue weighted by Crippen LogP contribution is -2.19. The summed E-state index contributed by atoms with van der Waals surface area (Å²) >= 11 is 4.97. The molecule has 0 saturated carbocycles. The Labute approximate surface area is 145 Å². The van der Waals surface area contributed by atoms with Crippen LogP contribution in [-0.4, -0.2) is 21.8 Å². The smallest absolute Gasteiger partial charge is 0.276 e. The number of nitrogens with zero attached hydrogens (tertiary/aromatic N) is 2. The summed E-state index contributed by atoms with van der Waals surface area (Å²) in [5, 5.41) is 13.0. The molecule has 1 aromatic carbocycles. The number of hydrazone groups is 1. The summed E-state index contributed by atoms with van der Waals surface area (Å²) in [6.07, 6.45) is 0. The second-order valence-corrected chi connectivity index (χ2v) is 6.65. The van der Waals surface area contributed by atoms with E-state index in [1.807, 2.05) is 48.7 Å². The van der Waals surface area contributed by atoms with Crippen LogP contribution in [0.1, 0.15) is 23.0 Å². The van der Waals surface area contributed by atoms with Crippen molar-refractivity contribution in [2.45, 2.75) is 6.92 Å². The first kappa shape index (κ1) is 15.6. The molecule has 3 aromatic rings. The van der Waals surface area contributed by atoms with E-state index in [0.717, 1.165) is 26.3 Å². The quantitative estimate of drug-likeness (QED) is 0.522. The van der Waals surface area contributed by atoms with Crippen LogP contribution >= 0.6 is 27.3 Å². The Morgan fingerprint density at radius 3 is 2.78 bits per heavy atom. The molecule has 0 fully saturated rings. The zero-order valence-corrected chi connectivity index (χ0v) is 14.6. The van der Waals surface area contributed by atoms with E-state index < -0.39 is 0 Å². The van der Waals surface area contributed by atoms with Crippen LogP contribution in [0.5, 0.6) is 0 Å². The maximum Gasteiger partial charge on any atom is 0.291 e. The normalized spacial score (nSPS) is 11.5. The number of thiophene rings is 1. The first-order chi connectivity index (χ1) is 11.1. The Kier molecular flexibility index (Phi) is 4.68. The fourth-order valence-electron chi connectivity index (χ4n) is 1.94. The average molecular weight is 389 g/mol. The predicted molar refractivity (Wildman–Crippen MR) is 95.7 cm³/mol.